The molecule has 0 saturated heterocycles. The Balaban J connectivity index is 1.18. The van der Waals surface area contributed by atoms with Crippen LogP contribution in [0.15, 0.2) is 237 Å². The summed E-state index contributed by atoms with van der Waals surface area (Å²) in [4.78, 5) is 10.8. The van der Waals surface area contributed by atoms with Crippen molar-refractivity contribution in [3.63, 3.8) is 0 Å². The fraction of sp³-hybridized carbons (Fsp3) is 0.0312. The summed E-state index contributed by atoms with van der Waals surface area (Å²) in [5.74, 6) is 1.51. The highest BCUT2D eigenvalue weighted by Gasteiger charge is 2.59. The lowest BCUT2D eigenvalue weighted by Crippen LogP contribution is -2.43. The van der Waals surface area contributed by atoms with Crippen LogP contribution in [-0.2, 0) is 10.8 Å². The van der Waals surface area contributed by atoms with Gasteiger partial charge >= 0.3 is 0 Å². The van der Waals surface area contributed by atoms with Crippen LogP contribution >= 0.6 is 0 Å². The molecule has 3 heteroatoms. The standard InChI is InChI=1S/C64H39N3/c1-3-20-41(21-4-1)57-39-60(66-62(65-57)42-22-5-2-6-23-42)67-58-36-35-40-19-7-8-24-43(40)61(58)48-37-55-56(38-59(48)67)64(51-31-15-11-27-46(51)47-28-12-16-32-52(47)64)54-34-18-17-33-53(54)63(55)49-29-13-9-25-44(49)45-26-10-14-30-50(45)63/h1-39H. The van der Waals surface area contributed by atoms with Gasteiger partial charge in [0.2, 0.25) is 0 Å². The lowest BCUT2D eigenvalue weighted by Gasteiger charge is -2.49. The monoisotopic (exact) mass is 849 g/mol. The third-order valence-corrected chi connectivity index (χ3v) is 15.3. The largest absolute Gasteiger partial charge is 0.294 e. The molecule has 2 spiro atoms. The van der Waals surface area contributed by atoms with E-state index in [-0.39, 0.29) is 0 Å². The molecule has 0 fully saturated rings. The van der Waals surface area contributed by atoms with Crippen molar-refractivity contribution in [2.75, 3.05) is 0 Å². The number of rotatable bonds is 3. The van der Waals surface area contributed by atoms with Crippen LogP contribution in [0.25, 0.3) is 83.3 Å². The Bertz CT molecular complexity index is 3900. The van der Waals surface area contributed by atoms with E-state index in [1.165, 1.54) is 88.3 Å². The number of aromatic nitrogens is 3. The Morgan fingerprint density at radius 2 is 0.776 bits per heavy atom. The van der Waals surface area contributed by atoms with Crippen LogP contribution in [0.2, 0.25) is 0 Å². The summed E-state index contributed by atoms with van der Waals surface area (Å²) in [5, 5.41) is 4.83. The van der Waals surface area contributed by atoms with E-state index in [1.54, 1.807) is 0 Å². The fourth-order valence-corrected chi connectivity index (χ4v) is 12.8. The first-order valence-corrected chi connectivity index (χ1v) is 23.2. The summed E-state index contributed by atoms with van der Waals surface area (Å²) in [5.41, 5.74) is 19.5. The van der Waals surface area contributed by atoms with Gasteiger partial charge < -0.3 is 0 Å². The molecule has 67 heavy (non-hydrogen) atoms. The minimum absolute atomic E-state index is 0.611. The second-order valence-electron chi connectivity index (χ2n) is 18.3. The van der Waals surface area contributed by atoms with Crippen LogP contribution in [0.5, 0.6) is 0 Å². The minimum Gasteiger partial charge on any atom is -0.294 e. The zero-order valence-electron chi connectivity index (χ0n) is 36.4. The molecule has 3 aliphatic rings. The lowest BCUT2D eigenvalue weighted by atomic mass is 9.52. The third kappa shape index (κ3) is 4.65. The second kappa shape index (κ2) is 13.4. The molecular weight excluding hydrogens is 811 g/mol. The van der Waals surface area contributed by atoms with Crippen molar-refractivity contribution in [3.05, 3.63) is 281 Å². The summed E-state index contributed by atoms with van der Waals surface area (Å²) in [6.45, 7) is 0. The van der Waals surface area contributed by atoms with Crippen molar-refractivity contribution in [2.45, 2.75) is 10.8 Å². The van der Waals surface area contributed by atoms with Gasteiger partial charge in [-0.2, -0.15) is 0 Å². The average Bonchev–Trinajstić information content (AvgIpc) is 4.01. The van der Waals surface area contributed by atoms with Crippen LogP contribution in [-0.4, -0.2) is 14.5 Å². The molecule has 12 aromatic rings. The van der Waals surface area contributed by atoms with Gasteiger partial charge in [0, 0.05) is 28.0 Å². The predicted octanol–water partition coefficient (Wildman–Crippen LogP) is 15.1. The molecule has 2 aromatic heterocycles. The first-order valence-electron chi connectivity index (χ1n) is 23.2. The Kier molecular flexibility index (Phi) is 7.36. The van der Waals surface area contributed by atoms with Gasteiger partial charge in [-0.05, 0) is 95.7 Å². The number of fused-ring (bicyclic) bond motifs is 21. The number of hydrogen-bond donors (Lipinski definition) is 0. The van der Waals surface area contributed by atoms with Crippen molar-refractivity contribution >= 4 is 32.6 Å². The topological polar surface area (TPSA) is 30.7 Å². The molecule has 15 rings (SSSR count). The first kappa shape index (κ1) is 36.7. The average molecular weight is 850 g/mol. The van der Waals surface area contributed by atoms with Crippen molar-refractivity contribution in [3.8, 4) is 50.7 Å². The highest BCUT2D eigenvalue weighted by molar-refractivity contribution is 6.22. The molecule has 0 atom stereocenters. The fourth-order valence-electron chi connectivity index (χ4n) is 12.8. The first-order chi connectivity index (χ1) is 33.2. The third-order valence-electron chi connectivity index (χ3n) is 15.3. The summed E-state index contributed by atoms with van der Waals surface area (Å²) >= 11 is 0. The van der Waals surface area contributed by atoms with Crippen molar-refractivity contribution in [2.24, 2.45) is 0 Å². The molecule has 310 valence electrons. The van der Waals surface area contributed by atoms with E-state index < -0.39 is 10.8 Å². The Morgan fingerprint density at radius 1 is 0.313 bits per heavy atom. The maximum Gasteiger partial charge on any atom is 0.162 e. The van der Waals surface area contributed by atoms with Crippen LogP contribution in [0.3, 0.4) is 0 Å². The highest BCUT2D eigenvalue weighted by Crippen LogP contribution is 2.68. The Hall–Kier alpha value is -8.66. The van der Waals surface area contributed by atoms with E-state index in [9.17, 15) is 0 Å². The normalized spacial score (nSPS) is 14.2. The summed E-state index contributed by atoms with van der Waals surface area (Å²) in [7, 11) is 0. The quantitative estimate of drug-likeness (QED) is 0.177. The summed E-state index contributed by atoms with van der Waals surface area (Å²) < 4.78 is 2.43. The summed E-state index contributed by atoms with van der Waals surface area (Å²) in [6, 6.07) is 87.7. The molecule has 0 radical (unpaired) electrons. The van der Waals surface area contributed by atoms with Gasteiger partial charge in [-0.3, -0.25) is 4.57 Å². The zero-order valence-corrected chi connectivity index (χ0v) is 36.4. The second-order valence-corrected chi connectivity index (χ2v) is 18.3. The van der Waals surface area contributed by atoms with E-state index in [1.807, 2.05) is 6.07 Å². The zero-order chi connectivity index (χ0) is 43.8. The van der Waals surface area contributed by atoms with Crippen molar-refractivity contribution in [1.82, 2.24) is 14.5 Å². The van der Waals surface area contributed by atoms with Gasteiger partial charge in [-0.15, -0.1) is 0 Å². The molecule has 2 heterocycles. The lowest BCUT2D eigenvalue weighted by molar-refractivity contribution is 0.634. The molecule has 0 N–H and O–H groups in total. The van der Waals surface area contributed by atoms with E-state index in [0.29, 0.717) is 5.82 Å². The number of hydrogen-bond acceptors (Lipinski definition) is 2. The van der Waals surface area contributed by atoms with Gasteiger partial charge in [0.25, 0.3) is 0 Å². The maximum absolute atomic E-state index is 5.54. The van der Waals surface area contributed by atoms with E-state index in [0.717, 1.165) is 33.7 Å². The van der Waals surface area contributed by atoms with Gasteiger partial charge in [0.05, 0.1) is 27.6 Å². The highest BCUT2D eigenvalue weighted by atomic mass is 15.1. The van der Waals surface area contributed by atoms with Crippen LogP contribution < -0.4 is 0 Å². The van der Waals surface area contributed by atoms with E-state index in [2.05, 4.69) is 235 Å². The molecule has 3 aliphatic carbocycles. The Morgan fingerprint density at radius 3 is 1.34 bits per heavy atom. The van der Waals surface area contributed by atoms with Crippen LogP contribution in [0.4, 0.5) is 0 Å². The van der Waals surface area contributed by atoms with E-state index >= 15 is 0 Å². The minimum atomic E-state index is -0.634. The number of nitrogens with zero attached hydrogens (tertiary/aromatic N) is 3. The van der Waals surface area contributed by atoms with E-state index in [4.69, 9.17) is 9.97 Å². The molecule has 0 saturated carbocycles. The van der Waals surface area contributed by atoms with Gasteiger partial charge in [-0.25, -0.2) is 9.97 Å². The van der Waals surface area contributed by atoms with Crippen molar-refractivity contribution in [1.29, 1.82) is 0 Å². The number of benzene rings is 10. The van der Waals surface area contributed by atoms with Crippen LogP contribution in [0, 0.1) is 0 Å². The molecule has 0 bridgehead atoms. The van der Waals surface area contributed by atoms with Gasteiger partial charge in [-0.1, -0.05) is 212 Å². The molecule has 10 aromatic carbocycles. The molecule has 3 nitrogen and oxygen atoms in total. The predicted molar refractivity (Wildman–Crippen MR) is 273 cm³/mol. The molecular formula is C64H39N3. The maximum atomic E-state index is 5.54. The SMILES string of the molecule is c1ccc(-c2cc(-n3c4cc5c(cc4c4c6ccccc6ccc43)C3(c4ccccc4-c4ccccc43)c3ccccc3C53c4ccccc4-c4ccccc43)nc(-c3ccccc3)n2)cc1. The summed E-state index contributed by atoms with van der Waals surface area (Å²) in [6.07, 6.45) is 0. The van der Waals surface area contributed by atoms with Gasteiger partial charge in [0.1, 0.15) is 5.82 Å². The Labute approximate surface area is 388 Å². The van der Waals surface area contributed by atoms with Crippen LogP contribution in [0.1, 0.15) is 44.5 Å². The molecule has 0 unspecified atom stereocenters. The smallest absolute Gasteiger partial charge is 0.162 e. The van der Waals surface area contributed by atoms with Gasteiger partial charge in [0.15, 0.2) is 5.82 Å². The molecule has 0 amide bonds. The molecule has 0 aliphatic heterocycles. The van der Waals surface area contributed by atoms with Crippen molar-refractivity contribution < 1.29 is 0 Å².